The molecule has 0 atom stereocenters. The van der Waals surface area contributed by atoms with Gasteiger partial charge in [0.25, 0.3) is 0 Å². The van der Waals surface area contributed by atoms with Crippen LogP contribution < -0.4 is 9.47 Å². The molecule has 0 aliphatic rings. The Morgan fingerprint density at radius 1 is 1.23 bits per heavy atom. The van der Waals surface area contributed by atoms with Gasteiger partial charge in [-0.3, -0.25) is 0 Å². The summed E-state index contributed by atoms with van der Waals surface area (Å²) < 4.78 is 41.5. The highest BCUT2D eigenvalue weighted by Gasteiger charge is 2.16. The molecule has 0 fully saturated rings. The van der Waals surface area contributed by atoms with Gasteiger partial charge in [-0.15, -0.1) is 10.2 Å². The molecule has 0 N–H and O–H groups in total. The first-order valence-corrected chi connectivity index (χ1v) is 8.66. The number of thioether (sulfide) groups is 1. The fourth-order valence-corrected chi connectivity index (χ4v) is 3.29. The Morgan fingerprint density at radius 3 is 2.69 bits per heavy atom. The number of rotatable bonds is 7. The van der Waals surface area contributed by atoms with Crippen molar-refractivity contribution in [2.75, 3.05) is 7.11 Å². The van der Waals surface area contributed by atoms with Gasteiger partial charge in [-0.25, -0.2) is 0 Å². The maximum Gasteiger partial charge on any atom is 0.387 e. The number of hydrogen-bond donors (Lipinski definition) is 0. The van der Waals surface area contributed by atoms with Gasteiger partial charge in [0.2, 0.25) is 0 Å². The van der Waals surface area contributed by atoms with Gasteiger partial charge in [-0.1, -0.05) is 17.8 Å². The van der Waals surface area contributed by atoms with Crippen molar-refractivity contribution in [3.8, 4) is 22.9 Å². The first-order valence-electron chi connectivity index (χ1n) is 7.68. The predicted octanol–water partition coefficient (Wildman–Crippen LogP) is 4.29. The van der Waals surface area contributed by atoms with Crippen LogP contribution in [0.25, 0.3) is 11.4 Å². The van der Waals surface area contributed by atoms with E-state index in [0.717, 1.165) is 27.9 Å². The summed E-state index contributed by atoms with van der Waals surface area (Å²) in [5, 5.41) is 9.15. The summed E-state index contributed by atoms with van der Waals surface area (Å²) in [4.78, 5) is 0. The molecule has 0 saturated carbocycles. The van der Waals surface area contributed by atoms with Crippen LogP contribution in [-0.2, 0) is 12.8 Å². The molecule has 26 heavy (non-hydrogen) atoms. The highest BCUT2D eigenvalue weighted by atomic mass is 32.2. The van der Waals surface area contributed by atoms with E-state index in [1.54, 1.807) is 18.4 Å². The van der Waals surface area contributed by atoms with Crippen molar-refractivity contribution in [1.29, 1.82) is 0 Å². The molecule has 1 aromatic carbocycles. The van der Waals surface area contributed by atoms with E-state index in [1.807, 2.05) is 24.6 Å². The van der Waals surface area contributed by atoms with Crippen molar-refractivity contribution < 1.29 is 22.7 Å². The Morgan fingerprint density at radius 2 is 2.04 bits per heavy atom. The van der Waals surface area contributed by atoms with Crippen LogP contribution in [0.4, 0.5) is 8.78 Å². The minimum absolute atomic E-state index is 0.00706. The lowest BCUT2D eigenvalue weighted by Gasteiger charge is -2.11. The van der Waals surface area contributed by atoms with E-state index in [9.17, 15) is 8.78 Å². The zero-order chi connectivity index (χ0) is 18.7. The molecule has 9 heteroatoms. The Balaban J connectivity index is 1.73. The molecule has 138 valence electrons. The molecule has 0 saturated heterocycles. The fraction of sp³-hybridized carbons (Fsp3) is 0.294. The second-order valence-corrected chi connectivity index (χ2v) is 6.35. The maximum absolute atomic E-state index is 12.4. The Kier molecular flexibility index (Phi) is 5.46. The molecule has 0 radical (unpaired) electrons. The van der Waals surface area contributed by atoms with Gasteiger partial charge in [-0.05, 0) is 30.7 Å². The van der Waals surface area contributed by atoms with Gasteiger partial charge < -0.3 is 18.5 Å². The predicted molar refractivity (Wildman–Crippen MR) is 92.6 cm³/mol. The van der Waals surface area contributed by atoms with Crippen LogP contribution in [0.5, 0.6) is 11.5 Å². The van der Waals surface area contributed by atoms with E-state index in [2.05, 4.69) is 14.9 Å². The summed E-state index contributed by atoms with van der Waals surface area (Å²) in [5.74, 6) is 2.33. The lowest BCUT2D eigenvalue weighted by atomic mass is 10.2. The lowest BCUT2D eigenvalue weighted by molar-refractivity contribution is -0.0512. The summed E-state index contributed by atoms with van der Waals surface area (Å²) in [6.45, 7) is -1.03. The van der Waals surface area contributed by atoms with Gasteiger partial charge in [0.15, 0.2) is 22.5 Å². The maximum atomic E-state index is 12.4. The van der Waals surface area contributed by atoms with E-state index in [-0.39, 0.29) is 11.5 Å². The summed E-state index contributed by atoms with van der Waals surface area (Å²) >= 11 is 1.48. The zero-order valence-corrected chi connectivity index (χ0v) is 15.2. The van der Waals surface area contributed by atoms with Crippen LogP contribution in [0.1, 0.15) is 11.3 Å². The molecule has 0 aliphatic carbocycles. The smallest absolute Gasteiger partial charge is 0.387 e. The number of halogens is 2. The third-order valence-corrected chi connectivity index (χ3v) is 4.84. The number of alkyl halides is 2. The Bertz CT molecular complexity index is 895. The van der Waals surface area contributed by atoms with Gasteiger partial charge in [0.1, 0.15) is 5.76 Å². The van der Waals surface area contributed by atoms with Crippen molar-refractivity contribution in [2.24, 2.45) is 7.05 Å². The highest BCUT2D eigenvalue weighted by Crippen LogP contribution is 2.32. The molecule has 0 unspecified atom stereocenters. The summed E-state index contributed by atoms with van der Waals surface area (Å²) in [7, 11) is 3.29. The average molecular weight is 381 g/mol. The van der Waals surface area contributed by atoms with Crippen LogP contribution in [0.15, 0.2) is 40.1 Å². The van der Waals surface area contributed by atoms with E-state index < -0.39 is 6.61 Å². The number of benzene rings is 1. The van der Waals surface area contributed by atoms with E-state index in [4.69, 9.17) is 9.15 Å². The number of hydrogen-bond acceptors (Lipinski definition) is 6. The molecule has 3 rings (SSSR count). The van der Waals surface area contributed by atoms with Crippen LogP contribution in [0.3, 0.4) is 0 Å². The highest BCUT2D eigenvalue weighted by molar-refractivity contribution is 7.98. The SMILES string of the molecule is COc1cc(CSc2nnc(-c3ccoc3C)n2C)ccc1OC(F)F. The number of furan rings is 1. The molecule has 0 amide bonds. The zero-order valence-electron chi connectivity index (χ0n) is 14.4. The average Bonchev–Trinajstić information content (AvgIpc) is 3.19. The normalized spacial score (nSPS) is 11.2. The summed E-state index contributed by atoms with van der Waals surface area (Å²) in [5.41, 5.74) is 1.78. The van der Waals surface area contributed by atoms with Gasteiger partial charge in [0.05, 0.1) is 18.9 Å². The van der Waals surface area contributed by atoms with Crippen molar-refractivity contribution in [2.45, 2.75) is 24.4 Å². The third-order valence-electron chi connectivity index (χ3n) is 3.75. The van der Waals surface area contributed by atoms with Crippen molar-refractivity contribution in [3.05, 3.63) is 41.9 Å². The summed E-state index contributed by atoms with van der Waals surface area (Å²) in [6, 6.07) is 6.70. The van der Waals surface area contributed by atoms with E-state index in [1.165, 1.54) is 24.9 Å². The van der Waals surface area contributed by atoms with Crippen molar-refractivity contribution >= 4 is 11.8 Å². The van der Waals surface area contributed by atoms with Gasteiger partial charge in [-0.2, -0.15) is 8.78 Å². The van der Waals surface area contributed by atoms with Crippen LogP contribution in [-0.4, -0.2) is 28.5 Å². The number of aromatic nitrogens is 3. The van der Waals surface area contributed by atoms with E-state index >= 15 is 0 Å². The Labute approximate surface area is 153 Å². The quantitative estimate of drug-likeness (QED) is 0.569. The molecular weight excluding hydrogens is 364 g/mol. The first kappa shape index (κ1) is 18.2. The number of ether oxygens (including phenoxy) is 2. The molecule has 6 nitrogen and oxygen atoms in total. The molecule has 0 bridgehead atoms. The van der Waals surface area contributed by atoms with Crippen molar-refractivity contribution in [3.63, 3.8) is 0 Å². The third kappa shape index (κ3) is 3.82. The molecular formula is C17H17F2N3O3S. The second-order valence-electron chi connectivity index (χ2n) is 5.41. The van der Waals surface area contributed by atoms with Crippen LogP contribution in [0, 0.1) is 6.92 Å². The molecule has 0 spiro atoms. The second kappa shape index (κ2) is 7.77. The topological polar surface area (TPSA) is 62.3 Å². The molecule has 0 aliphatic heterocycles. The fourth-order valence-electron chi connectivity index (χ4n) is 2.44. The van der Waals surface area contributed by atoms with Crippen LogP contribution in [0.2, 0.25) is 0 Å². The number of nitrogens with zero attached hydrogens (tertiary/aromatic N) is 3. The van der Waals surface area contributed by atoms with Gasteiger partial charge >= 0.3 is 6.61 Å². The Hall–Kier alpha value is -2.55. The molecule has 2 heterocycles. The van der Waals surface area contributed by atoms with Gasteiger partial charge in [0, 0.05) is 12.8 Å². The minimum atomic E-state index is -2.90. The first-order chi connectivity index (χ1) is 12.5. The monoisotopic (exact) mass is 381 g/mol. The largest absolute Gasteiger partial charge is 0.493 e. The number of methoxy groups -OCH3 is 1. The lowest BCUT2D eigenvalue weighted by Crippen LogP contribution is -2.03. The summed E-state index contributed by atoms with van der Waals surface area (Å²) in [6.07, 6.45) is 1.61. The van der Waals surface area contributed by atoms with E-state index in [0.29, 0.717) is 5.75 Å². The number of aryl methyl sites for hydroxylation is 1. The minimum Gasteiger partial charge on any atom is -0.493 e. The molecule has 3 aromatic rings. The molecule has 2 aromatic heterocycles. The van der Waals surface area contributed by atoms with Crippen molar-refractivity contribution in [1.82, 2.24) is 14.8 Å². The standard InChI is InChI=1S/C17H17F2N3O3S/c1-10-12(6-7-24-10)15-20-21-17(22(15)2)26-9-11-4-5-13(25-16(18)19)14(8-11)23-3/h4-8,16H,9H2,1-3H3. The van der Waals surface area contributed by atoms with Crippen LogP contribution >= 0.6 is 11.8 Å².